The quantitative estimate of drug-likeness (QED) is 0.324. The Morgan fingerprint density at radius 2 is 1.90 bits per heavy atom. The lowest BCUT2D eigenvalue weighted by molar-refractivity contribution is -0.137. The topological polar surface area (TPSA) is 134 Å². The minimum Gasteiger partial charge on any atom is -0.366 e. The highest BCUT2D eigenvalue weighted by Gasteiger charge is 2.49. The first kappa shape index (κ1) is 26.1. The van der Waals surface area contributed by atoms with E-state index in [4.69, 9.17) is 17.3 Å². The number of aliphatic hydroxyl groups is 1. The van der Waals surface area contributed by atoms with Crippen LogP contribution in [-0.2, 0) is 18.9 Å². The van der Waals surface area contributed by atoms with E-state index in [0.717, 1.165) is 28.9 Å². The molecule has 2 amide bonds. The number of amides is 2. The van der Waals surface area contributed by atoms with E-state index in [1.807, 2.05) is 6.07 Å². The van der Waals surface area contributed by atoms with Gasteiger partial charge in [0.2, 0.25) is 5.91 Å². The summed E-state index contributed by atoms with van der Waals surface area (Å²) in [6.07, 6.45) is -5.06. The Morgan fingerprint density at radius 3 is 2.51 bits per heavy atom. The van der Waals surface area contributed by atoms with E-state index in [1.54, 1.807) is 0 Å². The minimum atomic E-state index is -5.06. The lowest BCUT2D eigenvalue weighted by Gasteiger charge is -2.28. The maximum atomic E-state index is 15.6. The smallest absolute Gasteiger partial charge is 0.366 e. The molecule has 1 atom stereocenters. The van der Waals surface area contributed by atoms with Gasteiger partial charge in [0.25, 0.3) is 5.91 Å². The summed E-state index contributed by atoms with van der Waals surface area (Å²) in [5, 5.41) is 27.6. The monoisotopic (exact) mass is 561 g/mol. The molecule has 0 spiro atoms. The van der Waals surface area contributed by atoms with E-state index >= 15 is 4.39 Å². The average molecular weight is 562 g/mol. The van der Waals surface area contributed by atoms with Gasteiger partial charge in [-0.3, -0.25) is 14.3 Å². The zero-order chi connectivity index (χ0) is 28.6. The third-order valence-corrected chi connectivity index (χ3v) is 6.72. The van der Waals surface area contributed by atoms with Gasteiger partial charge in [0, 0.05) is 34.1 Å². The highest BCUT2D eigenvalue weighted by molar-refractivity contribution is 6.31. The fourth-order valence-electron chi connectivity index (χ4n) is 4.76. The molecule has 4 N–H and O–H groups in total. The summed E-state index contributed by atoms with van der Waals surface area (Å²) in [4.78, 5) is 25.6. The molecule has 0 fully saturated rings. The first-order chi connectivity index (χ1) is 18.2. The van der Waals surface area contributed by atoms with Crippen LogP contribution in [0.1, 0.15) is 43.1 Å². The molecule has 198 valence electrons. The molecule has 0 radical (unpaired) electrons. The summed E-state index contributed by atoms with van der Waals surface area (Å²) in [7, 11) is 1.36. The van der Waals surface area contributed by atoms with Crippen LogP contribution in [0.25, 0.3) is 22.0 Å². The van der Waals surface area contributed by atoms with Crippen molar-refractivity contribution in [2.75, 3.05) is 0 Å². The van der Waals surface area contributed by atoms with Gasteiger partial charge in [0.05, 0.1) is 16.7 Å². The summed E-state index contributed by atoms with van der Waals surface area (Å²) < 4.78 is 71.2. The van der Waals surface area contributed by atoms with Gasteiger partial charge in [-0.1, -0.05) is 11.6 Å². The van der Waals surface area contributed by atoms with Gasteiger partial charge in [-0.15, -0.1) is 0 Å². The number of primary amides is 1. The molecular weight excluding hydrogens is 549 g/mol. The zero-order valence-electron chi connectivity index (χ0n) is 19.4. The van der Waals surface area contributed by atoms with Crippen molar-refractivity contribution in [3.63, 3.8) is 0 Å². The lowest BCUT2D eigenvalue weighted by atomic mass is 9.84. The largest absolute Gasteiger partial charge is 0.416 e. The van der Waals surface area contributed by atoms with Crippen molar-refractivity contribution in [2.45, 2.75) is 11.9 Å². The SMILES string of the molecule is Cn1nc2c3c(c(-c4c(F)cc(C(F)(F)F)cc4C(N)=O)cc2c1C#N)C(O)(c1cc(F)ccc1Cl)NC3=O. The Bertz CT molecular complexity index is 1810. The van der Waals surface area contributed by atoms with Crippen LogP contribution < -0.4 is 11.1 Å². The van der Waals surface area contributed by atoms with Crippen molar-refractivity contribution in [3.8, 4) is 17.2 Å². The first-order valence-electron chi connectivity index (χ1n) is 10.8. The molecule has 1 aliphatic rings. The number of nitrogens with two attached hydrogens (primary N) is 1. The standard InChI is InChI=1S/C25H13ClF5N5O3/c1-36-17(8-32)11-7-12(18-13(22(33)37)4-9(5-16(18)28)25(29,30)31)20-19(21(11)35-36)23(38)34-24(20,39)14-6-10(27)2-3-15(14)26/h2-7,39H,1H3,(H2,33,37)(H,34,38). The molecule has 0 bridgehead atoms. The number of alkyl halides is 3. The minimum absolute atomic E-state index is 0.0480. The molecule has 5 rings (SSSR count). The Morgan fingerprint density at radius 1 is 1.21 bits per heavy atom. The third-order valence-electron chi connectivity index (χ3n) is 6.39. The molecule has 0 saturated carbocycles. The van der Waals surface area contributed by atoms with Gasteiger partial charge in [-0.05, 0) is 42.0 Å². The second kappa shape index (κ2) is 8.48. The number of nitrogens with one attached hydrogen (secondary N) is 1. The van der Waals surface area contributed by atoms with E-state index in [9.17, 15) is 37.5 Å². The number of fused-ring (bicyclic) bond motifs is 3. The van der Waals surface area contributed by atoms with Crippen LogP contribution in [0.15, 0.2) is 36.4 Å². The molecule has 3 aromatic carbocycles. The van der Waals surface area contributed by atoms with E-state index in [2.05, 4.69) is 10.4 Å². The predicted molar refractivity (Wildman–Crippen MR) is 126 cm³/mol. The second-order valence-electron chi connectivity index (χ2n) is 8.69. The number of hydrogen-bond donors (Lipinski definition) is 3. The van der Waals surface area contributed by atoms with E-state index in [0.29, 0.717) is 6.07 Å². The van der Waals surface area contributed by atoms with Crippen molar-refractivity contribution in [1.82, 2.24) is 15.1 Å². The molecule has 8 nitrogen and oxygen atoms in total. The van der Waals surface area contributed by atoms with Gasteiger partial charge >= 0.3 is 6.18 Å². The number of carbonyl (C=O) groups excluding carboxylic acids is 2. The Balaban J connectivity index is 2.01. The normalized spacial score (nSPS) is 16.7. The molecule has 1 unspecified atom stereocenters. The summed E-state index contributed by atoms with van der Waals surface area (Å²) in [5.74, 6) is -4.92. The van der Waals surface area contributed by atoms with Crippen molar-refractivity contribution >= 4 is 34.3 Å². The number of halogens is 6. The number of rotatable bonds is 3. The van der Waals surface area contributed by atoms with Crippen molar-refractivity contribution in [1.29, 1.82) is 5.26 Å². The van der Waals surface area contributed by atoms with E-state index < -0.39 is 74.3 Å². The van der Waals surface area contributed by atoms with Gasteiger partial charge in [0.15, 0.2) is 5.72 Å². The van der Waals surface area contributed by atoms with Gasteiger partial charge < -0.3 is 16.2 Å². The van der Waals surface area contributed by atoms with Crippen LogP contribution in [0.3, 0.4) is 0 Å². The van der Waals surface area contributed by atoms with Crippen LogP contribution in [0, 0.1) is 23.0 Å². The molecule has 39 heavy (non-hydrogen) atoms. The third kappa shape index (κ3) is 3.79. The van der Waals surface area contributed by atoms with Crippen LogP contribution in [0.2, 0.25) is 5.02 Å². The van der Waals surface area contributed by atoms with Crippen LogP contribution in [-0.4, -0.2) is 26.7 Å². The highest BCUT2D eigenvalue weighted by Crippen LogP contribution is 2.48. The molecule has 1 aliphatic heterocycles. The maximum absolute atomic E-state index is 15.6. The molecule has 2 heterocycles. The van der Waals surface area contributed by atoms with Crippen LogP contribution in [0.5, 0.6) is 0 Å². The molecule has 1 aromatic heterocycles. The van der Waals surface area contributed by atoms with Crippen molar-refractivity contribution < 1.29 is 36.6 Å². The Hall–Kier alpha value is -4.54. The molecule has 14 heteroatoms. The van der Waals surface area contributed by atoms with Crippen LogP contribution >= 0.6 is 11.6 Å². The molecular formula is C25H13ClF5N5O3. The Labute approximate surface area is 220 Å². The number of aromatic nitrogens is 2. The fourth-order valence-corrected chi connectivity index (χ4v) is 5.02. The summed E-state index contributed by atoms with van der Waals surface area (Å²) in [6.45, 7) is 0. The average Bonchev–Trinajstić information content (AvgIpc) is 3.31. The predicted octanol–water partition coefficient (Wildman–Crippen LogP) is 4.10. The van der Waals surface area contributed by atoms with Gasteiger partial charge in [-0.25, -0.2) is 8.78 Å². The summed E-state index contributed by atoms with van der Waals surface area (Å²) in [6, 6.07) is 6.21. The van der Waals surface area contributed by atoms with Gasteiger partial charge in [0.1, 0.15) is 28.9 Å². The highest BCUT2D eigenvalue weighted by atomic mass is 35.5. The number of aryl methyl sites for hydroxylation is 1. The van der Waals surface area contributed by atoms with Crippen molar-refractivity contribution in [2.24, 2.45) is 12.8 Å². The summed E-state index contributed by atoms with van der Waals surface area (Å²) in [5.41, 5.74) is -2.64. The molecule has 0 saturated heterocycles. The van der Waals surface area contributed by atoms with E-state index in [1.165, 1.54) is 7.05 Å². The van der Waals surface area contributed by atoms with E-state index in [-0.39, 0.29) is 27.7 Å². The zero-order valence-corrected chi connectivity index (χ0v) is 20.2. The number of nitriles is 1. The molecule has 4 aromatic rings. The van der Waals surface area contributed by atoms with Gasteiger partial charge in [-0.2, -0.15) is 23.5 Å². The second-order valence-corrected chi connectivity index (χ2v) is 9.09. The molecule has 0 aliphatic carbocycles. The number of nitrogens with zero attached hydrogens (tertiary/aromatic N) is 3. The van der Waals surface area contributed by atoms with Crippen molar-refractivity contribution in [3.05, 3.63) is 86.6 Å². The number of hydrogen-bond acceptors (Lipinski definition) is 5. The Kier molecular flexibility index (Phi) is 5.67. The summed E-state index contributed by atoms with van der Waals surface area (Å²) >= 11 is 6.22. The number of benzene rings is 3. The number of carbonyl (C=O) groups is 2. The maximum Gasteiger partial charge on any atom is 0.416 e. The van der Waals surface area contributed by atoms with Crippen LogP contribution in [0.4, 0.5) is 22.0 Å². The lowest BCUT2D eigenvalue weighted by Crippen LogP contribution is -2.41. The fraction of sp³-hybridized carbons (Fsp3) is 0.120. The first-order valence-corrected chi connectivity index (χ1v) is 11.2.